The fourth-order valence-electron chi connectivity index (χ4n) is 1.98. The zero-order chi connectivity index (χ0) is 15.2. The largest absolute Gasteiger partial charge is 0.383 e. The summed E-state index contributed by atoms with van der Waals surface area (Å²) in [5.74, 6) is -0.369. The summed E-state index contributed by atoms with van der Waals surface area (Å²) in [6.07, 6.45) is 4.51. The Morgan fingerprint density at radius 2 is 2.24 bits per heavy atom. The minimum Gasteiger partial charge on any atom is -0.383 e. The van der Waals surface area contributed by atoms with E-state index >= 15 is 0 Å². The lowest BCUT2D eigenvalue weighted by Crippen LogP contribution is -2.21. The molecule has 21 heavy (non-hydrogen) atoms. The average molecular weight is 291 g/mol. The molecule has 0 bridgehead atoms. The second kappa shape index (κ2) is 6.99. The lowest BCUT2D eigenvalue weighted by Gasteiger charge is -2.16. The number of halogens is 1. The van der Waals surface area contributed by atoms with E-state index in [-0.39, 0.29) is 17.4 Å². The molecule has 1 unspecified atom stereocenters. The topological polar surface area (TPSA) is 56.1 Å². The Morgan fingerprint density at radius 3 is 2.95 bits per heavy atom. The van der Waals surface area contributed by atoms with E-state index in [1.54, 1.807) is 30.1 Å². The number of nitrogens with zero attached hydrogens (tertiary/aromatic N) is 2. The van der Waals surface area contributed by atoms with Crippen molar-refractivity contribution >= 4 is 5.69 Å². The normalized spacial score (nSPS) is 12.1. The summed E-state index contributed by atoms with van der Waals surface area (Å²) in [5, 5.41) is 3.22. The fourth-order valence-corrected chi connectivity index (χ4v) is 1.98. The molecule has 2 aromatic heterocycles. The highest BCUT2D eigenvalue weighted by molar-refractivity contribution is 5.42. The van der Waals surface area contributed by atoms with Gasteiger partial charge in [-0.05, 0) is 24.6 Å². The highest BCUT2D eigenvalue weighted by atomic mass is 19.1. The van der Waals surface area contributed by atoms with Crippen LogP contribution in [0.3, 0.4) is 0 Å². The highest BCUT2D eigenvalue weighted by Crippen LogP contribution is 2.18. The first-order valence-electron chi connectivity index (χ1n) is 6.66. The second-order valence-electron chi connectivity index (χ2n) is 4.74. The van der Waals surface area contributed by atoms with Crippen LogP contribution in [0.1, 0.15) is 18.5 Å². The number of pyridine rings is 2. The first-order valence-corrected chi connectivity index (χ1v) is 6.66. The molecule has 2 heterocycles. The van der Waals surface area contributed by atoms with E-state index < -0.39 is 0 Å². The van der Waals surface area contributed by atoms with Gasteiger partial charge in [0.05, 0.1) is 24.5 Å². The number of aromatic nitrogens is 2. The summed E-state index contributed by atoms with van der Waals surface area (Å²) in [5.41, 5.74) is 1.43. The van der Waals surface area contributed by atoms with Crippen LogP contribution >= 0.6 is 0 Å². The van der Waals surface area contributed by atoms with Crippen molar-refractivity contribution < 1.29 is 9.13 Å². The molecule has 0 aliphatic heterocycles. The van der Waals surface area contributed by atoms with Gasteiger partial charge >= 0.3 is 0 Å². The van der Waals surface area contributed by atoms with Gasteiger partial charge in [-0.2, -0.15) is 0 Å². The molecule has 112 valence electrons. The van der Waals surface area contributed by atoms with Crippen LogP contribution in [0.25, 0.3) is 0 Å². The van der Waals surface area contributed by atoms with Crippen molar-refractivity contribution in [3.05, 3.63) is 58.5 Å². The monoisotopic (exact) mass is 291 g/mol. The van der Waals surface area contributed by atoms with Crippen molar-refractivity contribution in [1.29, 1.82) is 0 Å². The lowest BCUT2D eigenvalue weighted by molar-refractivity contribution is 0.186. The number of methoxy groups -OCH3 is 1. The number of hydrogen-bond acceptors (Lipinski definition) is 4. The molecule has 1 atom stereocenters. The van der Waals surface area contributed by atoms with Crippen molar-refractivity contribution in [2.45, 2.75) is 19.5 Å². The minimum atomic E-state index is -0.369. The number of hydrogen-bond donors (Lipinski definition) is 1. The van der Waals surface area contributed by atoms with Gasteiger partial charge < -0.3 is 14.6 Å². The number of nitrogens with one attached hydrogen (secondary N) is 1. The minimum absolute atomic E-state index is 0.0855. The molecule has 0 fully saturated rings. The van der Waals surface area contributed by atoms with Crippen LogP contribution < -0.4 is 10.9 Å². The summed E-state index contributed by atoms with van der Waals surface area (Å²) < 4.78 is 19.7. The van der Waals surface area contributed by atoms with Crippen LogP contribution in [0.15, 0.2) is 41.6 Å². The quantitative estimate of drug-likeness (QED) is 0.886. The molecule has 5 nitrogen and oxygen atoms in total. The van der Waals surface area contributed by atoms with Crippen molar-refractivity contribution in [2.24, 2.45) is 0 Å². The van der Waals surface area contributed by atoms with Gasteiger partial charge in [-0.25, -0.2) is 4.39 Å². The van der Waals surface area contributed by atoms with E-state index in [1.165, 1.54) is 18.3 Å². The maximum Gasteiger partial charge on any atom is 0.250 e. The van der Waals surface area contributed by atoms with E-state index in [4.69, 9.17) is 4.74 Å². The molecular formula is C15H18FN3O2. The van der Waals surface area contributed by atoms with Crippen LogP contribution in [0.2, 0.25) is 0 Å². The summed E-state index contributed by atoms with van der Waals surface area (Å²) in [7, 11) is 1.59. The predicted molar refractivity (Wildman–Crippen MR) is 78.8 cm³/mol. The molecule has 0 aliphatic carbocycles. The second-order valence-corrected chi connectivity index (χ2v) is 4.74. The number of ether oxygens (including phenoxy) is 1. The Morgan fingerprint density at radius 1 is 1.43 bits per heavy atom. The van der Waals surface area contributed by atoms with Gasteiger partial charge in [0.15, 0.2) is 0 Å². The summed E-state index contributed by atoms with van der Waals surface area (Å²) in [4.78, 5) is 15.5. The average Bonchev–Trinajstić information content (AvgIpc) is 2.47. The molecule has 0 amide bonds. The molecule has 0 saturated heterocycles. The maximum atomic E-state index is 13.2. The molecule has 2 rings (SSSR count). The summed E-state index contributed by atoms with van der Waals surface area (Å²) in [6.45, 7) is 2.86. The molecule has 0 aliphatic rings. The molecular weight excluding hydrogens is 273 g/mol. The van der Waals surface area contributed by atoms with Gasteiger partial charge in [-0.15, -0.1) is 0 Å². The highest BCUT2D eigenvalue weighted by Gasteiger charge is 2.08. The molecule has 2 aromatic rings. The Kier molecular flexibility index (Phi) is 5.05. The number of rotatable bonds is 6. The Hall–Kier alpha value is -2.21. The molecule has 6 heteroatoms. The van der Waals surface area contributed by atoms with E-state index in [0.717, 1.165) is 11.3 Å². The molecule has 0 radical (unpaired) electrons. The third-order valence-corrected chi connectivity index (χ3v) is 3.13. The summed E-state index contributed by atoms with van der Waals surface area (Å²) in [6, 6.07) is 4.51. The van der Waals surface area contributed by atoms with Gasteiger partial charge in [0.25, 0.3) is 5.56 Å². The van der Waals surface area contributed by atoms with Gasteiger partial charge in [0, 0.05) is 32.1 Å². The maximum absolute atomic E-state index is 13.2. The first kappa shape index (κ1) is 15.2. The van der Waals surface area contributed by atoms with Crippen molar-refractivity contribution in [2.75, 3.05) is 19.0 Å². The first-order chi connectivity index (χ1) is 10.1. The predicted octanol–water partition coefficient (Wildman–Crippen LogP) is 2.20. The fraction of sp³-hybridized carbons (Fsp3) is 0.333. The molecule has 1 N–H and O–H groups in total. The SMILES string of the molecule is COCCn1cc(NC(C)c2cncc(F)c2)ccc1=O. The van der Waals surface area contributed by atoms with Crippen LogP contribution in [0, 0.1) is 5.82 Å². The van der Waals surface area contributed by atoms with E-state index in [1.807, 2.05) is 6.92 Å². The van der Waals surface area contributed by atoms with Gasteiger partial charge in [-0.1, -0.05) is 0 Å². The number of anilines is 1. The van der Waals surface area contributed by atoms with Crippen molar-refractivity contribution in [3.8, 4) is 0 Å². The van der Waals surface area contributed by atoms with Gasteiger partial charge in [-0.3, -0.25) is 9.78 Å². The van der Waals surface area contributed by atoms with Gasteiger partial charge in [0.1, 0.15) is 5.82 Å². The van der Waals surface area contributed by atoms with Crippen LogP contribution in [-0.4, -0.2) is 23.3 Å². The van der Waals surface area contributed by atoms with Crippen molar-refractivity contribution in [3.63, 3.8) is 0 Å². The smallest absolute Gasteiger partial charge is 0.250 e. The van der Waals surface area contributed by atoms with Crippen molar-refractivity contribution in [1.82, 2.24) is 9.55 Å². The Balaban J connectivity index is 2.13. The van der Waals surface area contributed by atoms with Crippen LogP contribution in [0.4, 0.5) is 10.1 Å². The van der Waals surface area contributed by atoms with E-state index in [2.05, 4.69) is 10.3 Å². The van der Waals surface area contributed by atoms with Crippen LogP contribution in [0.5, 0.6) is 0 Å². The lowest BCUT2D eigenvalue weighted by atomic mass is 10.1. The van der Waals surface area contributed by atoms with E-state index in [9.17, 15) is 9.18 Å². The van der Waals surface area contributed by atoms with Gasteiger partial charge in [0.2, 0.25) is 0 Å². The zero-order valence-corrected chi connectivity index (χ0v) is 12.0. The Labute approximate surface area is 122 Å². The third kappa shape index (κ3) is 4.13. The Bertz CT molecular complexity index is 657. The molecule has 0 aromatic carbocycles. The van der Waals surface area contributed by atoms with Crippen LogP contribution in [-0.2, 0) is 11.3 Å². The molecule has 0 spiro atoms. The molecule has 0 saturated carbocycles. The standard InChI is InChI=1S/C15H18FN3O2/c1-11(12-7-13(16)9-17-8-12)18-14-3-4-15(20)19(10-14)5-6-21-2/h3-4,7-11,18H,5-6H2,1-2H3. The summed E-state index contributed by atoms with van der Waals surface area (Å²) >= 11 is 0. The van der Waals surface area contributed by atoms with E-state index in [0.29, 0.717) is 13.2 Å². The zero-order valence-electron chi connectivity index (χ0n) is 12.0. The third-order valence-electron chi connectivity index (χ3n) is 3.13.